The summed E-state index contributed by atoms with van der Waals surface area (Å²) in [7, 11) is 0. The van der Waals surface area contributed by atoms with E-state index in [0.717, 1.165) is 33.2 Å². The lowest BCUT2D eigenvalue weighted by Gasteiger charge is -2.20. The maximum Gasteiger partial charge on any atom is 0.416 e. The van der Waals surface area contributed by atoms with Crippen molar-refractivity contribution >= 4 is 46.3 Å². The SMILES string of the molecule is CCSc1ccc(C(CNC(N)=O)NC(=O)c2ccc3c(CC)c(Cc4ccc(Cl)cc4C(F)(F)F)oc3c2)cc1. The number of nitrogens with one attached hydrogen (secondary N) is 2. The summed E-state index contributed by atoms with van der Waals surface area (Å²) >= 11 is 7.52. The van der Waals surface area contributed by atoms with Gasteiger partial charge in [-0.2, -0.15) is 13.2 Å². The van der Waals surface area contributed by atoms with Crippen LogP contribution in [0, 0.1) is 0 Å². The summed E-state index contributed by atoms with van der Waals surface area (Å²) in [5, 5.41) is 6.19. The average molecular weight is 604 g/mol. The van der Waals surface area contributed by atoms with Gasteiger partial charge >= 0.3 is 12.2 Å². The number of hydrogen-bond donors (Lipinski definition) is 3. The van der Waals surface area contributed by atoms with Crippen molar-refractivity contribution in [2.45, 2.75) is 43.8 Å². The van der Waals surface area contributed by atoms with Gasteiger partial charge in [0.15, 0.2) is 0 Å². The molecule has 1 atom stereocenters. The first-order valence-corrected chi connectivity index (χ1v) is 14.3. The number of alkyl halides is 3. The lowest BCUT2D eigenvalue weighted by atomic mass is 9.99. The predicted molar refractivity (Wildman–Crippen MR) is 155 cm³/mol. The summed E-state index contributed by atoms with van der Waals surface area (Å²) in [4.78, 5) is 25.7. The van der Waals surface area contributed by atoms with Crippen LogP contribution >= 0.6 is 23.4 Å². The molecule has 1 unspecified atom stereocenters. The number of primary amides is 1. The van der Waals surface area contributed by atoms with E-state index in [2.05, 4.69) is 17.6 Å². The van der Waals surface area contributed by atoms with Crippen molar-refractivity contribution in [2.75, 3.05) is 12.3 Å². The maximum absolute atomic E-state index is 13.7. The van der Waals surface area contributed by atoms with Gasteiger partial charge in [0.25, 0.3) is 5.91 Å². The first-order valence-electron chi connectivity index (χ1n) is 13.0. The number of aryl methyl sites for hydroxylation is 1. The van der Waals surface area contributed by atoms with Crippen LogP contribution in [0.4, 0.5) is 18.0 Å². The molecule has 11 heteroatoms. The highest BCUT2D eigenvalue weighted by Crippen LogP contribution is 2.36. The lowest BCUT2D eigenvalue weighted by molar-refractivity contribution is -0.138. The molecule has 4 N–H and O–H groups in total. The van der Waals surface area contributed by atoms with Crippen molar-refractivity contribution < 1.29 is 27.2 Å². The van der Waals surface area contributed by atoms with Gasteiger partial charge in [-0.05, 0) is 59.7 Å². The second-order valence-electron chi connectivity index (χ2n) is 9.32. The molecule has 41 heavy (non-hydrogen) atoms. The van der Waals surface area contributed by atoms with E-state index >= 15 is 0 Å². The molecule has 1 aromatic heterocycles. The number of amides is 3. The Morgan fingerprint density at radius 2 is 1.78 bits per heavy atom. The Morgan fingerprint density at radius 3 is 2.41 bits per heavy atom. The zero-order valence-corrected chi connectivity index (χ0v) is 24.0. The number of nitrogens with two attached hydrogens (primary N) is 1. The molecule has 0 spiro atoms. The molecule has 6 nitrogen and oxygen atoms in total. The molecule has 0 aliphatic carbocycles. The largest absolute Gasteiger partial charge is 0.460 e. The second kappa shape index (κ2) is 12.9. The van der Waals surface area contributed by atoms with E-state index in [4.69, 9.17) is 21.8 Å². The van der Waals surface area contributed by atoms with Crippen molar-refractivity contribution in [3.8, 4) is 0 Å². The van der Waals surface area contributed by atoms with Gasteiger partial charge in [0.05, 0.1) is 11.6 Å². The minimum Gasteiger partial charge on any atom is -0.460 e. The summed E-state index contributed by atoms with van der Waals surface area (Å²) < 4.78 is 47.1. The van der Waals surface area contributed by atoms with Gasteiger partial charge in [-0.25, -0.2) is 4.79 Å². The number of furan rings is 1. The highest BCUT2D eigenvalue weighted by molar-refractivity contribution is 7.99. The van der Waals surface area contributed by atoms with Crippen LogP contribution < -0.4 is 16.4 Å². The topological polar surface area (TPSA) is 97.4 Å². The molecule has 0 radical (unpaired) electrons. The van der Waals surface area contributed by atoms with Crippen molar-refractivity contribution in [1.82, 2.24) is 10.6 Å². The van der Waals surface area contributed by atoms with E-state index in [0.29, 0.717) is 23.3 Å². The van der Waals surface area contributed by atoms with Crippen LogP contribution in [0.25, 0.3) is 11.0 Å². The Hall–Kier alpha value is -3.63. The van der Waals surface area contributed by atoms with Crippen LogP contribution in [-0.2, 0) is 19.0 Å². The summed E-state index contributed by atoms with van der Waals surface area (Å²) in [5.41, 5.74) is 6.73. The van der Waals surface area contributed by atoms with Crippen LogP contribution in [0.1, 0.15) is 58.3 Å². The molecule has 3 amide bonds. The Morgan fingerprint density at radius 1 is 1.05 bits per heavy atom. The van der Waals surface area contributed by atoms with Crippen LogP contribution in [0.3, 0.4) is 0 Å². The smallest absolute Gasteiger partial charge is 0.416 e. The molecule has 0 aliphatic rings. The number of halogens is 4. The van der Waals surface area contributed by atoms with E-state index < -0.39 is 29.7 Å². The number of fused-ring (bicyclic) bond motifs is 1. The third-order valence-corrected chi connectivity index (χ3v) is 7.73. The molecule has 3 aromatic carbocycles. The quantitative estimate of drug-likeness (QED) is 0.163. The first kappa shape index (κ1) is 30.3. The standard InChI is InChI=1S/C30H29ClF3N3O3S/c1-3-22-23-12-8-19(14-27(23)40-26(22)13-18-5-9-20(31)15-24(18)30(32,33)34)28(38)37-25(16-36-29(35)39)17-6-10-21(11-7-17)41-4-2/h5-12,14-15,25H,3-4,13,16H2,1-2H3,(H,37,38)(H3,35,36,39). The molecule has 0 aliphatic heterocycles. The summed E-state index contributed by atoms with van der Waals surface area (Å²) in [6.45, 7) is 4.02. The number of urea groups is 1. The number of benzene rings is 3. The van der Waals surface area contributed by atoms with Gasteiger partial charge in [0.2, 0.25) is 0 Å². The monoisotopic (exact) mass is 603 g/mol. The lowest BCUT2D eigenvalue weighted by Crippen LogP contribution is -2.39. The van der Waals surface area contributed by atoms with Gasteiger partial charge in [0, 0.05) is 39.4 Å². The van der Waals surface area contributed by atoms with Gasteiger partial charge < -0.3 is 20.8 Å². The fraction of sp³-hybridized carbons (Fsp3) is 0.267. The van der Waals surface area contributed by atoms with E-state index in [1.165, 1.54) is 12.1 Å². The first-order chi connectivity index (χ1) is 19.5. The van der Waals surface area contributed by atoms with E-state index in [1.54, 1.807) is 30.0 Å². The van der Waals surface area contributed by atoms with Gasteiger partial charge in [-0.1, -0.05) is 49.7 Å². The number of rotatable bonds is 10. The highest BCUT2D eigenvalue weighted by atomic mass is 35.5. The molecular weight excluding hydrogens is 575 g/mol. The molecule has 216 valence electrons. The molecule has 1 heterocycles. The van der Waals surface area contributed by atoms with Gasteiger partial charge in [-0.3, -0.25) is 4.79 Å². The molecule has 0 fully saturated rings. The molecule has 4 rings (SSSR count). The van der Waals surface area contributed by atoms with Gasteiger partial charge in [0.1, 0.15) is 11.3 Å². The second-order valence-corrected chi connectivity index (χ2v) is 11.1. The van der Waals surface area contributed by atoms with Gasteiger partial charge in [-0.15, -0.1) is 11.8 Å². The third kappa shape index (κ3) is 7.37. The number of thioether (sulfide) groups is 1. The van der Waals surface area contributed by atoms with E-state index in [1.807, 2.05) is 31.2 Å². The summed E-state index contributed by atoms with van der Waals surface area (Å²) in [6, 6.07) is 15.0. The van der Waals surface area contributed by atoms with Crippen LogP contribution in [-0.4, -0.2) is 24.2 Å². The Kier molecular flexibility index (Phi) is 9.55. The average Bonchev–Trinajstić information content (AvgIpc) is 3.28. The van der Waals surface area contributed by atoms with Crippen molar-refractivity contribution in [3.05, 3.63) is 99.3 Å². The zero-order chi connectivity index (χ0) is 29.7. The summed E-state index contributed by atoms with van der Waals surface area (Å²) in [5.74, 6) is 0.896. The minimum absolute atomic E-state index is 0.00262. The molecule has 0 saturated heterocycles. The van der Waals surface area contributed by atoms with Crippen molar-refractivity contribution in [2.24, 2.45) is 5.73 Å². The van der Waals surface area contributed by atoms with Crippen molar-refractivity contribution in [3.63, 3.8) is 0 Å². The normalized spacial score (nSPS) is 12.3. The number of hydrogen-bond acceptors (Lipinski definition) is 4. The highest BCUT2D eigenvalue weighted by Gasteiger charge is 2.34. The van der Waals surface area contributed by atoms with Crippen LogP contribution in [0.2, 0.25) is 5.02 Å². The third-order valence-electron chi connectivity index (χ3n) is 6.60. The number of carbonyl (C=O) groups is 2. The zero-order valence-electron chi connectivity index (χ0n) is 22.4. The van der Waals surface area contributed by atoms with Crippen LogP contribution in [0.15, 0.2) is 70.0 Å². The maximum atomic E-state index is 13.7. The minimum atomic E-state index is -4.57. The van der Waals surface area contributed by atoms with E-state index in [-0.39, 0.29) is 23.6 Å². The number of carbonyl (C=O) groups excluding carboxylic acids is 2. The summed E-state index contributed by atoms with van der Waals surface area (Å²) in [6.07, 6.45) is -4.13. The fourth-order valence-electron chi connectivity index (χ4n) is 4.67. The Labute approximate surface area is 244 Å². The fourth-order valence-corrected chi connectivity index (χ4v) is 5.51. The van der Waals surface area contributed by atoms with Crippen molar-refractivity contribution in [1.29, 1.82) is 0 Å². The molecular formula is C30H29ClF3N3O3S. The molecule has 4 aromatic rings. The molecule has 0 saturated carbocycles. The Bertz CT molecular complexity index is 1550. The van der Waals surface area contributed by atoms with E-state index in [9.17, 15) is 22.8 Å². The Balaban J connectivity index is 1.62. The van der Waals surface area contributed by atoms with Crippen LogP contribution in [0.5, 0.6) is 0 Å². The molecule has 0 bridgehead atoms. The predicted octanol–water partition coefficient (Wildman–Crippen LogP) is 7.51.